The summed E-state index contributed by atoms with van der Waals surface area (Å²) in [6.45, 7) is 6.16. The van der Waals surface area contributed by atoms with Crippen molar-refractivity contribution >= 4 is 35.3 Å². The zero-order valence-electron chi connectivity index (χ0n) is 14.6. The first-order chi connectivity index (χ1) is 11.8. The lowest BCUT2D eigenvalue weighted by atomic mass is 9.97. The zero-order valence-corrected chi connectivity index (χ0v) is 16.1. The predicted molar refractivity (Wildman–Crippen MR) is 103 cm³/mol. The molecule has 25 heavy (non-hydrogen) atoms. The smallest absolute Gasteiger partial charge is 0.272 e. The number of hydrazone groups is 1. The summed E-state index contributed by atoms with van der Waals surface area (Å²) in [6.07, 6.45) is 1.61. The second-order valence-electron chi connectivity index (χ2n) is 5.93. The van der Waals surface area contributed by atoms with Gasteiger partial charge in [0.05, 0.1) is 23.9 Å². The van der Waals surface area contributed by atoms with Crippen LogP contribution in [0.25, 0.3) is 0 Å². The van der Waals surface area contributed by atoms with Gasteiger partial charge in [0.2, 0.25) is 0 Å². The molecule has 1 N–H and O–H groups in total. The van der Waals surface area contributed by atoms with Gasteiger partial charge in [0.1, 0.15) is 5.75 Å². The number of amides is 1. The molecule has 0 radical (unpaired) electrons. The number of hydrogen-bond donors (Lipinski definition) is 1. The molecule has 6 heteroatoms. The largest absolute Gasteiger partial charge is 0.496 e. The summed E-state index contributed by atoms with van der Waals surface area (Å²) < 4.78 is 5.43. The summed E-state index contributed by atoms with van der Waals surface area (Å²) in [7, 11) is 1.66. The van der Waals surface area contributed by atoms with Crippen LogP contribution < -0.4 is 10.2 Å². The summed E-state index contributed by atoms with van der Waals surface area (Å²) >= 11 is 11.9. The minimum absolute atomic E-state index is 0.280. The van der Waals surface area contributed by atoms with Gasteiger partial charge in [0, 0.05) is 5.02 Å². The van der Waals surface area contributed by atoms with Gasteiger partial charge in [0.15, 0.2) is 0 Å². The number of carbonyl (C=O) groups is 1. The van der Waals surface area contributed by atoms with Gasteiger partial charge in [-0.25, -0.2) is 5.43 Å². The summed E-state index contributed by atoms with van der Waals surface area (Å²) in [6, 6.07) is 8.67. The van der Waals surface area contributed by atoms with E-state index in [1.807, 2.05) is 19.1 Å². The Bertz CT molecular complexity index is 817. The molecular weight excluding hydrogens is 359 g/mol. The van der Waals surface area contributed by atoms with E-state index in [1.54, 1.807) is 25.5 Å². The molecule has 2 rings (SSSR count). The van der Waals surface area contributed by atoms with E-state index >= 15 is 0 Å². The molecule has 4 nitrogen and oxygen atoms in total. The Hall–Kier alpha value is -2.04. The van der Waals surface area contributed by atoms with E-state index < -0.39 is 5.91 Å². The average Bonchev–Trinajstić information content (AvgIpc) is 2.55. The molecule has 0 aliphatic heterocycles. The highest BCUT2D eigenvalue weighted by molar-refractivity contribution is 6.36. The Morgan fingerprint density at radius 2 is 1.96 bits per heavy atom. The van der Waals surface area contributed by atoms with Crippen molar-refractivity contribution in [1.82, 2.24) is 5.43 Å². The van der Waals surface area contributed by atoms with Gasteiger partial charge in [-0.2, -0.15) is 5.10 Å². The second-order valence-corrected chi connectivity index (χ2v) is 6.77. The van der Waals surface area contributed by atoms with E-state index in [2.05, 4.69) is 24.4 Å². The molecule has 0 saturated heterocycles. The summed E-state index contributed by atoms with van der Waals surface area (Å²) in [4.78, 5) is 12.2. The van der Waals surface area contributed by atoms with E-state index in [0.717, 1.165) is 22.4 Å². The fraction of sp³-hybridized carbons (Fsp3) is 0.263. The number of rotatable bonds is 5. The molecule has 2 aromatic rings. The molecule has 2 aromatic carbocycles. The van der Waals surface area contributed by atoms with Crippen LogP contribution in [0, 0.1) is 6.92 Å². The van der Waals surface area contributed by atoms with Gasteiger partial charge in [-0.1, -0.05) is 37.0 Å². The van der Waals surface area contributed by atoms with Crippen LogP contribution in [0.3, 0.4) is 0 Å². The first-order valence-corrected chi connectivity index (χ1v) is 8.56. The number of ether oxygens (including phenoxy) is 1. The first-order valence-electron chi connectivity index (χ1n) is 7.80. The molecular formula is C19H20Cl2N2O2. The third kappa shape index (κ3) is 4.74. The molecule has 0 aromatic heterocycles. The maximum absolute atomic E-state index is 12.2. The standard InChI is InChI=1S/C19H20Cl2N2O2/c1-11(2)16-8-13(12(3)7-18(16)25-4)10-22-23-19(24)15-6-5-14(20)9-17(15)21/h5-11H,1-4H3,(H,23,24)/b22-10-. The van der Waals surface area contributed by atoms with E-state index in [0.29, 0.717) is 16.5 Å². The SMILES string of the molecule is COc1cc(C)c(/C=N\NC(=O)c2ccc(Cl)cc2Cl)cc1C(C)C. The van der Waals surface area contributed by atoms with Crippen LogP contribution in [0.2, 0.25) is 10.0 Å². The molecule has 0 aliphatic carbocycles. The summed E-state index contributed by atoms with van der Waals surface area (Å²) in [5, 5.41) is 4.79. The number of nitrogens with zero attached hydrogens (tertiary/aromatic N) is 1. The number of halogens is 2. The van der Waals surface area contributed by atoms with Crippen molar-refractivity contribution in [3.8, 4) is 5.75 Å². The van der Waals surface area contributed by atoms with Crippen molar-refractivity contribution in [2.75, 3.05) is 7.11 Å². The lowest BCUT2D eigenvalue weighted by Crippen LogP contribution is -2.18. The molecule has 0 atom stereocenters. The van der Waals surface area contributed by atoms with Crippen LogP contribution in [0.4, 0.5) is 0 Å². The highest BCUT2D eigenvalue weighted by Gasteiger charge is 2.11. The van der Waals surface area contributed by atoms with Crippen LogP contribution in [0.15, 0.2) is 35.4 Å². The lowest BCUT2D eigenvalue weighted by molar-refractivity contribution is 0.0955. The van der Waals surface area contributed by atoms with Crippen molar-refractivity contribution in [3.05, 3.63) is 62.6 Å². The van der Waals surface area contributed by atoms with E-state index in [-0.39, 0.29) is 5.02 Å². The first kappa shape index (κ1) is 19.3. The average molecular weight is 379 g/mol. The van der Waals surface area contributed by atoms with Crippen molar-refractivity contribution in [1.29, 1.82) is 0 Å². The Balaban J connectivity index is 2.19. The van der Waals surface area contributed by atoms with Crippen LogP contribution in [0.5, 0.6) is 5.75 Å². The van der Waals surface area contributed by atoms with Gasteiger partial charge in [-0.05, 0) is 59.9 Å². The summed E-state index contributed by atoms with van der Waals surface area (Å²) in [5.74, 6) is 0.764. The van der Waals surface area contributed by atoms with Crippen LogP contribution >= 0.6 is 23.2 Å². The van der Waals surface area contributed by atoms with Gasteiger partial charge < -0.3 is 4.74 Å². The molecule has 0 bridgehead atoms. The predicted octanol–water partition coefficient (Wildman–Crippen LogP) is 5.20. The Morgan fingerprint density at radius 1 is 1.24 bits per heavy atom. The van der Waals surface area contributed by atoms with Gasteiger partial charge in [-0.3, -0.25) is 4.79 Å². The number of methoxy groups -OCH3 is 1. The molecule has 0 saturated carbocycles. The lowest BCUT2D eigenvalue weighted by Gasteiger charge is -2.14. The van der Waals surface area contributed by atoms with Crippen LogP contribution in [0.1, 0.15) is 46.8 Å². The quantitative estimate of drug-likeness (QED) is 0.574. The second kappa shape index (κ2) is 8.37. The Morgan fingerprint density at radius 3 is 2.56 bits per heavy atom. The number of hydrogen-bond acceptors (Lipinski definition) is 3. The van der Waals surface area contributed by atoms with Crippen molar-refractivity contribution < 1.29 is 9.53 Å². The number of carbonyl (C=O) groups excluding carboxylic acids is 1. The van der Waals surface area contributed by atoms with Gasteiger partial charge in [0.25, 0.3) is 5.91 Å². The topological polar surface area (TPSA) is 50.7 Å². The Kier molecular flexibility index (Phi) is 6.45. The van der Waals surface area contributed by atoms with E-state index in [1.165, 1.54) is 6.07 Å². The fourth-order valence-corrected chi connectivity index (χ4v) is 2.87. The molecule has 0 unspecified atom stereocenters. The zero-order chi connectivity index (χ0) is 18.6. The minimum atomic E-state index is -0.395. The van der Waals surface area contributed by atoms with Crippen molar-refractivity contribution in [2.45, 2.75) is 26.7 Å². The van der Waals surface area contributed by atoms with E-state index in [9.17, 15) is 4.79 Å². The van der Waals surface area contributed by atoms with Crippen molar-refractivity contribution in [2.24, 2.45) is 5.10 Å². The third-order valence-electron chi connectivity index (χ3n) is 3.79. The minimum Gasteiger partial charge on any atom is -0.496 e. The summed E-state index contributed by atoms with van der Waals surface area (Å²) in [5.41, 5.74) is 5.80. The molecule has 0 heterocycles. The number of aryl methyl sites for hydroxylation is 1. The molecule has 0 spiro atoms. The maximum atomic E-state index is 12.2. The van der Waals surface area contributed by atoms with Gasteiger partial charge in [-0.15, -0.1) is 0 Å². The van der Waals surface area contributed by atoms with Crippen LogP contribution in [-0.4, -0.2) is 19.2 Å². The van der Waals surface area contributed by atoms with Crippen molar-refractivity contribution in [3.63, 3.8) is 0 Å². The number of benzene rings is 2. The maximum Gasteiger partial charge on any atom is 0.272 e. The van der Waals surface area contributed by atoms with Gasteiger partial charge >= 0.3 is 0 Å². The Labute approximate surface area is 157 Å². The monoisotopic (exact) mass is 378 g/mol. The highest BCUT2D eigenvalue weighted by Crippen LogP contribution is 2.29. The molecule has 1 amide bonds. The molecule has 0 fully saturated rings. The fourth-order valence-electron chi connectivity index (χ4n) is 2.38. The normalized spacial score (nSPS) is 11.2. The molecule has 132 valence electrons. The number of nitrogens with one attached hydrogen (secondary N) is 1. The highest BCUT2D eigenvalue weighted by atomic mass is 35.5. The van der Waals surface area contributed by atoms with E-state index in [4.69, 9.17) is 27.9 Å². The third-order valence-corrected chi connectivity index (χ3v) is 4.33. The van der Waals surface area contributed by atoms with Crippen LogP contribution in [-0.2, 0) is 0 Å². The molecule has 0 aliphatic rings.